The highest BCUT2D eigenvalue weighted by molar-refractivity contribution is 5.99. The third-order valence-electron chi connectivity index (χ3n) is 4.83. The van der Waals surface area contributed by atoms with Crippen molar-refractivity contribution in [3.8, 4) is 0 Å². The van der Waals surface area contributed by atoms with Gasteiger partial charge in [-0.2, -0.15) is 5.10 Å². The van der Waals surface area contributed by atoms with E-state index in [-0.39, 0.29) is 0 Å². The number of carbonyl (C=O) groups is 1. The third-order valence-corrected chi connectivity index (χ3v) is 4.83. The average Bonchev–Trinajstić information content (AvgIpc) is 2.90. The smallest absolute Gasteiger partial charge is 0.210 e. The van der Waals surface area contributed by atoms with E-state index in [0.717, 1.165) is 43.5 Å². The fourth-order valence-corrected chi connectivity index (χ4v) is 3.22. The minimum absolute atomic E-state index is 0.427. The predicted octanol–water partition coefficient (Wildman–Crippen LogP) is 2.66. The number of amides is 1. The number of nitrogens with zero attached hydrogens (tertiary/aromatic N) is 3. The van der Waals surface area contributed by atoms with E-state index in [1.165, 1.54) is 16.7 Å². The summed E-state index contributed by atoms with van der Waals surface area (Å²) in [5.41, 5.74) is 15.0. The van der Waals surface area contributed by atoms with Crippen LogP contribution in [-0.4, -0.2) is 30.2 Å². The monoisotopic (exact) mass is 365 g/mol. The van der Waals surface area contributed by atoms with Crippen LogP contribution in [0.25, 0.3) is 0 Å². The first-order chi connectivity index (χ1) is 13.1. The third kappa shape index (κ3) is 4.49. The molecule has 0 atom stereocenters. The van der Waals surface area contributed by atoms with Gasteiger partial charge in [-0.25, -0.2) is 0 Å². The van der Waals surface area contributed by atoms with E-state index in [2.05, 4.69) is 40.9 Å². The van der Waals surface area contributed by atoms with Gasteiger partial charge in [0.05, 0.1) is 6.54 Å². The SMILES string of the molecule is CC1=CCC2=C(C=C1)CNN=C2N.O=CN1CCc2ccc(N=O)cc2C1. The lowest BCUT2D eigenvalue weighted by molar-refractivity contribution is -0.118. The molecule has 140 valence electrons. The van der Waals surface area contributed by atoms with Crippen molar-refractivity contribution in [2.24, 2.45) is 16.0 Å². The first-order valence-corrected chi connectivity index (χ1v) is 8.88. The van der Waals surface area contributed by atoms with Crippen LogP contribution in [0.4, 0.5) is 5.69 Å². The van der Waals surface area contributed by atoms with Crippen LogP contribution in [0.15, 0.2) is 63.4 Å². The van der Waals surface area contributed by atoms with Crippen LogP contribution in [-0.2, 0) is 17.8 Å². The van der Waals surface area contributed by atoms with Crippen molar-refractivity contribution < 1.29 is 4.79 Å². The first kappa shape index (κ1) is 18.6. The zero-order valence-electron chi connectivity index (χ0n) is 15.3. The van der Waals surface area contributed by atoms with Gasteiger partial charge in [0.15, 0.2) is 0 Å². The zero-order chi connectivity index (χ0) is 19.2. The number of nitroso groups, excluding NO2 is 1. The largest absolute Gasteiger partial charge is 0.382 e. The Morgan fingerprint density at radius 1 is 1.30 bits per heavy atom. The molecule has 2 aliphatic heterocycles. The van der Waals surface area contributed by atoms with Crippen molar-refractivity contribution in [2.75, 3.05) is 13.1 Å². The number of hydrazone groups is 1. The molecule has 0 unspecified atom stereocenters. The van der Waals surface area contributed by atoms with Gasteiger partial charge in [-0.15, -0.1) is 4.91 Å². The van der Waals surface area contributed by atoms with Gasteiger partial charge in [0, 0.05) is 18.7 Å². The fourth-order valence-electron chi connectivity index (χ4n) is 3.22. The summed E-state index contributed by atoms with van der Waals surface area (Å²) in [5.74, 6) is 0.622. The Bertz CT molecular complexity index is 867. The normalized spacial score (nSPS) is 17.9. The second kappa shape index (κ2) is 8.44. The summed E-state index contributed by atoms with van der Waals surface area (Å²) in [7, 11) is 0. The lowest BCUT2D eigenvalue weighted by Gasteiger charge is -2.25. The standard InChI is InChI=1S/C10H13N3.C10H10N2O2/c1-7-2-4-8-6-12-13-10(11)9(8)5-3-7;13-7-12-4-3-8-1-2-10(11-14)5-9(8)6-12/h2-4,12H,5-6H2,1H3,(H2,11,13);1-2,5,7H,3-4,6H2. The Kier molecular flexibility index (Phi) is 5.80. The number of nitrogens with two attached hydrogens (primary N) is 1. The molecule has 1 amide bonds. The summed E-state index contributed by atoms with van der Waals surface area (Å²) in [6.45, 7) is 4.22. The van der Waals surface area contributed by atoms with Gasteiger partial charge in [0.1, 0.15) is 11.5 Å². The maximum Gasteiger partial charge on any atom is 0.210 e. The van der Waals surface area contributed by atoms with Gasteiger partial charge in [-0.05, 0) is 53.8 Å². The van der Waals surface area contributed by atoms with Crippen molar-refractivity contribution in [1.82, 2.24) is 10.3 Å². The van der Waals surface area contributed by atoms with Gasteiger partial charge >= 0.3 is 0 Å². The van der Waals surface area contributed by atoms with Gasteiger partial charge in [0.25, 0.3) is 0 Å². The van der Waals surface area contributed by atoms with E-state index in [1.54, 1.807) is 17.0 Å². The lowest BCUT2D eigenvalue weighted by atomic mass is 10.00. The minimum Gasteiger partial charge on any atom is -0.382 e. The van der Waals surface area contributed by atoms with Crippen LogP contribution < -0.4 is 11.2 Å². The quantitative estimate of drug-likeness (QED) is 0.621. The van der Waals surface area contributed by atoms with Crippen LogP contribution in [0, 0.1) is 4.91 Å². The molecule has 0 radical (unpaired) electrons. The summed E-state index contributed by atoms with van der Waals surface area (Å²) in [4.78, 5) is 22.6. The summed E-state index contributed by atoms with van der Waals surface area (Å²) in [6.07, 6.45) is 8.99. The van der Waals surface area contributed by atoms with Gasteiger partial charge in [0.2, 0.25) is 6.41 Å². The molecule has 3 N–H and O–H groups in total. The minimum atomic E-state index is 0.427. The molecule has 7 nitrogen and oxygen atoms in total. The molecule has 1 aliphatic carbocycles. The average molecular weight is 365 g/mol. The number of hydrogen-bond acceptors (Lipinski definition) is 6. The van der Waals surface area contributed by atoms with Crippen LogP contribution in [0.1, 0.15) is 24.5 Å². The predicted molar refractivity (Wildman–Crippen MR) is 106 cm³/mol. The highest BCUT2D eigenvalue weighted by Gasteiger charge is 2.15. The molecular formula is C20H23N5O2. The van der Waals surface area contributed by atoms with Crippen molar-refractivity contribution in [2.45, 2.75) is 26.3 Å². The van der Waals surface area contributed by atoms with E-state index in [1.807, 2.05) is 6.07 Å². The van der Waals surface area contributed by atoms with Crippen molar-refractivity contribution in [1.29, 1.82) is 0 Å². The molecule has 4 rings (SSSR count). The molecule has 0 spiro atoms. The molecule has 0 fully saturated rings. The Morgan fingerprint density at radius 2 is 2.15 bits per heavy atom. The molecule has 2 heterocycles. The Labute approximate surface area is 158 Å². The highest BCUT2D eigenvalue weighted by atomic mass is 16.3. The molecule has 0 saturated carbocycles. The van der Waals surface area contributed by atoms with Crippen LogP contribution in [0.5, 0.6) is 0 Å². The van der Waals surface area contributed by atoms with E-state index in [4.69, 9.17) is 5.73 Å². The molecule has 1 aromatic rings. The topological polar surface area (TPSA) is 100 Å². The Balaban J connectivity index is 0.000000156. The van der Waals surface area contributed by atoms with Crippen molar-refractivity contribution in [3.05, 3.63) is 69.2 Å². The molecule has 7 heteroatoms. The van der Waals surface area contributed by atoms with E-state index < -0.39 is 0 Å². The van der Waals surface area contributed by atoms with Crippen molar-refractivity contribution >= 4 is 17.9 Å². The highest BCUT2D eigenvalue weighted by Crippen LogP contribution is 2.23. The molecule has 0 aromatic heterocycles. The van der Waals surface area contributed by atoms with E-state index in [0.29, 0.717) is 18.1 Å². The second-order valence-corrected chi connectivity index (χ2v) is 6.69. The summed E-state index contributed by atoms with van der Waals surface area (Å²) < 4.78 is 0. The Hall–Kier alpha value is -3.22. The summed E-state index contributed by atoms with van der Waals surface area (Å²) in [6, 6.07) is 5.37. The number of hydrogen-bond donors (Lipinski definition) is 2. The van der Waals surface area contributed by atoms with Crippen LogP contribution >= 0.6 is 0 Å². The summed E-state index contributed by atoms with van der Waals surface area (Å²) in [5, 5.41) is 6.88. The molecule has 0 bridgehead atoms. The van der Waals surface area contributed by atoms with Gasteiger partial charge in [-0.1, -0.05) is 29.9 Å². The number of rotatable bonds is 2. The number of allylic oxidation sites excluding steroid dienone is 3. The van der Waals surface area contributed by atoms with Crippen molar-refractivity contribution in [3.63, 3.8) is 0 Å². The van der Waals surface area contributed by atoms with Crippen LogP contribution in [0.3, 0.4) is 0 Å². The van der Waals surface area contributed by atoms with Gasteiger partial charge in [-0.3, -0.25) is 4.79 Å². The summed E-state index contributed by atoms with van der Waals surface area (Å²) >= 11 is 0. The molecule has 1 aromatic carbocycles. The molecule has 27 heavy (non-hydrogen) atoms. The lowest BCUT2D eigenvalue weighted by Crippen LogP contribution is -2.28. The first-order valence-electron chi connectivity index (χ1n) is 8.88. The maximum absolute atomic E-state index is 10.6. The number of carbonyl (C=O) groups excluding carboxylic acids is 1. The second-order valence-electron chi connectivity index (χ2n) is 6.69. The van der Waals surface area contributed by atoms with Crippen LogP contribution in [0.2, 0.25) is 0 Å². The fraction of sp³-hybridized carbons (Fsp3) is 0.300. The maximum atomic E-state index is 10.6. The van der Waals surface area contributed by atoms with Gasteiger partial charge < -0.3 is 16.1 Å². The zero-order valence-corrected chi connectivity index (χ0v) is 15.3. The number of amidine groups is 1. The Morgan fingerprint density at radius 3 is 2.93 bits per heavy atom. The van der Waals surface area contributed by atoms with E-state index in [9.17, 15) is 9.70 Å². The molecule has 0 saturated heterocycles. The number of fused-ring (bicyclic) bond motifs is 1. The molecule has 3 aliphatic rings. The van der Waals surface area contributed by atoms with E-state index >= 15 is 0 Å². The molecular weight excluding hydrogens is 342 g/mol. The number of nitrogens with one attached hydrogen (secondary N) is 1. The number of benzene rings is 1.